The molecule has 0 aliphatic carbocycles. The van der Waals surface area contributed by atoms with Crippen molar-refractivity contribution in [3.8, 4) is 0 Å². The van der Waals surface area contributed by atoms with Crippen LogP contribution in [-0.2, 0) is 11.8 Å². The van der Waals surface area contributed by atoms with E-state index in [1.54, 1.807) is 13.0 Å². The second-order valence-electron chi connectivity index (χ2n) is 4.28. The topological polar surface area (TPSA) is 88.4 Å². The molecule has 0 aliphatic rings. The highest BCUT2D eigenvalue weighted by Crippen LogP contribution is 2.10. The minimum absolute atomic E-state index is 0.0686. The molecule has 6 nitrogen and oxygen atoms in total. The first kappa shape index (κ1) is 14.0. The van der Waals surface area contributed by atoms with E-state index < -0.39 is 23.0 Å². The van der Waals surface area contributed by atoms with Crippen LogP contribution in [0.1, 0.15) is 30.6 Å². The van der Waals surface area contributed by atoms with Crippen molar-refractivity contribution in [3.63, 3.8) is 0 Å². The molecule has 1 rings (SSSR count). The van der Waals surface area contributed by atoms with Crippen LogP contribution in [0.3, 0.4) is 0 Å². The van der Waals surface area contributed by atoms with Gasteiger partial charge in [-0.2, -0.15) is 0 Å². The Morgan fingerprint density at radius 3 is 2.61 bits per heavy atom. The average Bonchev–Trinajstić information content (AvgIpc) is 2.32. The van der Waals surface area contributed by atoms with Crippen LogP contribution >= 0.6 is 0 Å². The first-order chi connectivity index (χ1) is 8.31. The minimum atomic E-state index is -1.38. The van der Waals surface area contributed by atoms with E-state index in [2.05, 4.69) is 5.32 Å². The first-order valence-electron chi connectivity index (χ1n) is 5.53. The molecule has 1 aromatic rings. The summed E-state index contributed by atoms with van der Waals surface area (Å²) in [6, 6.07) is 2.93. The monoisotopic (exact) mass is 252 g/mol. The second kappa shape index (κ2) is 5.03. The summed E-state index contributed by atoms with van der Waals surface area (Å²) in [6.07, 6.45) is 1.75. The van der Waals surface area contributed by atoms with Crippen molar-refractivity contribution in [3.05, 3.63) is 34.2 Å². The number of carbonyl (C=O) groups is 2. The van der Waals surface area contributed by atoms with Gasteiger partial charge in [-0.25, -0.2) is 4.79 Å². The number of pyridine rings is 1. The van der Waals surface area contributed by atoms with Crippen LogP contribution in [0, 0.1) is 0 Å². The van der Waals surface area contributed by atoms with Crippen LogP contribution in [0.25, 0.3) is 0 Å². The molecule has 2 N–H and O–H groups in total. The van der Waals surface area contributed by atoms with Gasteiger partial charge in [-0.15, -0.1) is 0 Å². The van der Waals surface area contributed by atoms with Crippen molar-refractivity contribution < 1.29 is 14.7 Å². The third-order valence-electron chi connectivity index (χ3n) is 2.94. The number of aliphatic carboxylic acids is 1. The van der Waals surface area contributed by atoms with E-state index in [9.17, 15) is 14.4 Å². The Labute approximate surface area is 104 Å². The highest BCUT2D eigenvalue weighted by molar-refractivity contribution is 5.97. The molecule has 98 valence electrons. The maximum Gasteiger partial charge on any atom is 0.329 e. The summed E-state index contributed by atoms with van der Waals surface area (Å²) >= 11 is 0. The molecule has 0 aliphatic heterocycles. The van der Waals surface area contributed by atoms with Crippen molar-refractivity contribution in [2.75, 3.05) is 0 Å². The van der Waals surface area contributed by atoms with Gasteiger partial charge in [0.25, 0.3) is 11.5 Å². The Balaban J connectivity index is 3.06. The third kappa shape index (κ3) is 2.58. The highest BCUT2D eigenvalue weighted by Gasteiger charge is 2.33. The summed E-state index contributed by atoms with van der Waals surface area (Å²) in [5.41, 5.74) is -1.91. The fourth-order valence-corrected chi connectivity index (χ4v) is 1.38. The number of carbonyl (C=O) groups excluding carboxylic acids is 1. The van der Waals surface area contributed by atoms with Gasteiger partial charge in [0, 0.05) is 13.2 Å². The second-order valence-corrected chi connectivity index (χ2v) is 4.28. The number of carboxylic acid groups (broad SMARTS) is 1. The zero-order chi connectivity index (χ0) is 13.9. The van der Waals surface area contributed by atoms with Gasteiger partial charge in [0.15, 0.2) is 0 Å². The number of hydrogen-bond acceptors (Lipinski definition) is 3. The van der Waals surface area contributed by atoms with Crippen LogP contribution in [0.2, 0.25) is 0 Å². The van der Waals surface area contributed by atoms with E-state index >= 15 is 0 Å². The number of aryl methyl sites for hydroxylation is 1. The summed E-state index contributed by atoms with van der Waals surface area (Å²) < 4.78 is 1.26. The number of hydrogen-bond donors (Lipinski definition) is 2. The molecule has 1 amide bonds. The van der Waals surface area contributed by atoms with Crippen LogP contribution in [-0.4, -0.2) is 27.1 Å². The van der Waals surface area contributed by atoms with E-state index in [1.165, 1.54) is 30.8 Å². The molecule has 0 aromatic carbocycles. The predicted molar refractivity (Wildman–Crippen MR) is 65.5 cm³/mol. The molecular weight excluding hydrogens is 236 g/mol. The van der Waals surface area contributed by atoms with Gasteiger partial charge >= 0.3 is 5.97 Å². The standard InChI is InChI=1S/C12H16N2O4/c1-4-12(2,11(17)18)13-9(15)8-6-5-7-14(3)10(8)16/h5-7H,4H2,1-3H3,(H,13,15)(H,17,18). The number of carboxylic acids is 1. The average molecular weight is 252 g/mol. The van der Waals surface area contributed by atoms with E-state index in [0.29, 0.717) is 0 Å². The molecule has 1 heterocycles. The largest absolute Gasteiger partial charge is 0.480 e. The van der Waals surface area contributed by atoms with Crippen molar-refractivity contribution in [2.45, 2.75) is 25.8 Å². The molecule has 0 saturated heterocycles. The molecule has 1 aromatic heterocycles. The molecule has 1 unspecified atom stereocenters. The SMILES string of the molecule is CCC(C)(NC(=O)c1cccn(C)c1=O)C(=O)O. The summed E-state index contributed by atoms with van der Waals surface area (Å²) in [4.78, 5) is 34.7. The summed E-state index contributed by atoms with van der Waals surface area (Å²) in [5.74, 6) is -1.81. The normalized spacial score (nSPS) is 13.7. The minimum Gasteiger partial charge on any atom is -0.480 e. The summed E-state index contributed by atoms with van der Waals surface area (Å²) in [5, 5.41) is 11.4. The van der Waals surface area contributed by atoms with Crippen molar-refractivity contribution >= 4 is 11.9 Å². The molecule has 1 atom stereocenters. The maximum absolute atomic E-state index is 11.9. The Hall–Kier alpha value is -2.11. The molecule has 0 fully saturated rings. The molecule has 0 spiro atoms. The van der Waals surface area contributed by atoms with E-state index in [1.807, 2.05) is 0 Å². The number of nitrogens with one attached hydrogen (secondary N) is 1. The summed E-state index contributed by atoms with van der Waals surface area (Å²) in [6.45, 7) is 3.05. The van der Waals surface area contributed by atoms with E-state index in [-0.39, 0.29) is 12.0 Å². The molecule has 18 heavy (non-hydrogen) atoms. The van der Waals surface area contributed by atoms with Crippen molar-refractivity contribution in [1.29, 1.82) is 0 Å². The Kier molecular flexibility index (Phi) is 3.90. The highest BCUT2D eigenvalue weighted by atomic mass is 16.4. The van der Waals surface area contributed by atoms with Crippen LogP contribution in [0.4, 0.5) is 0 Å². The maximum atomic E-state index is 11.9. The lowest BCUT2D eigenvalue weighted by molar-refractivity contribution is -0.143. The number of nitrogens with zero attached hydrogens (tertiary/aromatic N) is 1. The molecular formula is C12H16N2O4. The number of rotatable bonds is 4. The van der Waals surface area contributed by atoms with Gasteiger partial charge in [0.1, 0.15) is 11.1 Å². The van der Waals surface area contributed by atoms with Crippen LogP contribution in [0.5, 0.6) is 0 Å². The van der Waals surface area contributed by atoms with Crippen molar-refractivity contribution in [2.24, 2.45) is 7.05 Å². The van der Waals surface area contributed by atoms with Gasteiger partial charge in [-0.05, 0) is 25.5 Å². The molecule has 6 heteroatoms. The van der Waals surface area contributed by atoms with Gasteiger partial charge < -0.3 is 15.0 Å². The van der Waals surface area contributed by atoms with Gasteiger partial charge in [-0.3, -0.25) is 9.59 Å². The van der Waals surface area contributed by atoms with Crippen LogP contribution in [0.15, 0.2) is 23.1 Å². The lowest BCUT2D eigenvalue weighted by Gasteiger charge is -2.24. The van der Waals surface area contributed by atoms with Gasteiger partial charge in [0.2, 0.25) is 0 Å². The van der Waals surface area contributed by atoms with Crippen molar-refractivity contribution in [1.82, 2.24) is 9.88 Å². The lowest BCUT2D eigenvalue weighted by Crippen LogP contribution is -2.52. The smallest absolute Gasteiger partial charge is 0.329 e. The Morgan fingerprint density at radius 1 is 1.50 bits per heavy atom. The van der Waals surface area contributed by atoms with E-state index in [4.69, 9.17) is 5.11 Å². The van der Waals surface area contributed by atoms with Gasteiger partial charge in [0.05, 0.1) is 0 Å². The first-order valence-corrected chi connectivity index (χ1v) is 5.53. The fourth-order valence-electron chi connectivity index (χ4n) is 1.38. The molecule has 0 radical (unpaired) electrons. The Morgan fingerprint density at radius 2 is 2.11 bits per heavy atom. The molecule has 0 bridgehead atoms. The number of amides is 1. The predicted octanol–water partition coefficient (Wildman–Crippen LogP) is 0.368. The molecule has 0 saturated carbocycles. The van der Waals surface area contributed by atoms with Gasteiger partial charge in [-0.1, -0.05) is 6.92 Å². The fraction of sp³-hybridized carbons (Fsp3) is 0.417. The lowest BCUT2D eigenvalue weighted by atomic mass is 9.99. The zero-order valence-corrected chi connectivity index (χ0v) is 10.6. The van der Waals surface area contributed by atoms with Crippen LogP contribution < -0.4 is 10.9 Å². The summed E-state index contributed by atoms with van der Waals surface area (Å²) in [7, 11) is 1.52. The third-order valence-corrected chi connectivity index (χ3v) is 2.94. The van der Waals surface area contributed by atoms with E-state index in [0.717, 1.165) is 0 Å². The number of aromatic nitrogens is 1. The Bertz CT molecular complexity index is 535. The zero-order valence-electron chi connectivity index (χ0n) is 10.6. The quantitative estimate of drug-likeness (QED) is 0.810.